The molecule has 0 bridgehead atoms. The highest BCUT2D eigenvalue weighted by Crippen LogP contribution is 2.23. The van der Waals surface area contributed by atoms with Gasteiger partial charge in [0.2, 0.25) is 5.91 Å². The number of ether oxygens (including phenoxy) is 1. The summed E-state index contributed by atoms with van der Waals surface area (Å²) in [6.45, 7) is 4.21. The number of nitrogens with zero attached hydrogens (tertiary/aromatic N) is 1. The van der Waals surface area contributed by atoms with Gasteiger partial charge in [0.05, 0.1) is 0 Å². The minimum absolute atomic E-state index is 0.0158. The van der Waals surface area contributed by atoms with Crippen LogP contribution in [0.2, 0.25) is 0 Å². The number of hydrogen-bond donors (Lipinski definition) is 2. The molecule has 3 aromatic carbocycles. The number of nitrogens with two attached hydrogens (primary N) is 1. The normalized spacial score (nSPS) is 15.4. The number of benzene rings is 3. The van der Waals surface area contributed by atoms with Crippen molar-refractivity contribution in [1.82, 2.24) is 4.90 Å². The number of carbonyl (C=O) groups is 2. The number of primary amides is 1. The zero-order valence-corrected chi connectivity index (χ0v) is 19.4. The molecule has 1 fully saturated rings. The fraction of sp³-hybridized carbons (Fsp3) is 0.286. The smallest absolute Gasteiger partial charge is 0.265 e. The van der Waals surface area contributed by atoms with E-state index in [4.69, 9.17) is 10.5 Å². The molecule has 3 N–H and O–H groups in total. The maximum Gasteiger partial charge on any atom is 0.265 e. The topological polar surface area (TPSA) is 84.7 Å². The summed E-state index contributed by atoms with van der Waals surface area (Å²) in [6.07, 6.45) is 0.957. The highest BCUT2D eigenvalue weighted by atomic mass is 16.5. The van der Waals surface area contributed by atoms with Crippen molar-refractivity contribution in [2.75, 3.05) is 18.4 Å². The van der Waals surface area contributed by atoms with E-state index in [1.54, 1.807) is 6.92 Å². The molecule has 34 heavy (non-hydrogen) atoms. The third-order valence-corrected chi connectivity index (χ3v) is 6.23. The summed E-state index contributed by atoms with van der Waals surface area (Å²) in [5, 5.41) is 2.96. The van der Waals surface area contributed by atoms with Crippen LogP contribution in [-0.2, 0) is 16.1 Å². The van der Waals surface area contributed by atoms with Gasteiger partial charge in [-0.2, -0.15) is 0 Å². The molecule has 1 atom stereocenters. The van der Waals surface area contributed by atoms with Crippen LogP contribution in [0.3, 0.4) is 0 Å². The molecule has 1 heterocycles. The number of amides is 2. The number of hydrogen-bond acceptors (Lipinski definition) is 4. The Morgan fingerprint density at radius 3 is 2.32 bits per heavy atom. The first-order valence-corrected chi connectivity index (χ1v) is 11.7. The number of piperidine rings is 1. The third kappa shape index (κ3) is 6.23. The lowest BCUT2D eigenvalue weighted by Crippen LogP contribution is -2.38. The van der Waals surface area contributed by atoms with Crippen molar-refractivity contribution in [2.24, 2.45) is 11.7 Å². The summed E-state index contributed by atoms with van der Waals surface area (Å²) in [6, 6.07) is 25.7. The summed E-state index contributed by atoms with van der Waals surface area (Å²) >= 11 is 0. The maximum atomic E-state index is 12.7. The first-order valence-electron chi connectivity index (χ1n) is 11.7. The minimum atomic E-state index is -0.640. The zero-order chi connectivity index (χ0) is 23.9. The lowest BCUT2D eigenvalue weighted by atomic mass is 9.96. The van der Waals surface area contributed by atoms with Gasteiger partial charge in [-0.05, 0) is 73.8 Å². The van der Waals surface area contributed by atoms with Gasteiger partial charge in [-0.25, -0.2) is 0 Å². The molecule has 1 unspecified atom stereocenters. The van der Waals surface area contributed by atoms with Crippen LogP contribution in [0.4, 0.5) is 5.69 Å². The van der Waals surface area contributed by atoms with Crippen molar-refractivity contribution in [3.8, 4) is 16.9 Å². The Balaban J connectivity index is 1.30. The van der Waals surface area contributed by atoms with Gasteiger partial charge in [-0.1, -0.05) is 54.6 Å². The van der Waals surface area contributed by atoms with Gasteiger partial charge in [0.15, 0.2) is 6.10 Å². The second kappa shape index (κ2) is 11.0. The number of rotatable bonds is 8. The summed E-state index contributed by atoms with van der Waals surface area (Å²) < 4.78 is 5.86. The molecule has 4 rings (SSSR count). The Morgan fingerprint density at radius 1 is 0.971 bits per heavy atom. The fourth-order valence-electron chi connectivity index (χ4n) is 4.24. The van der Waals surface area contributed by atoms with E-state index in [0.717, 1.165) is 54.9 Å². The van der Waals surface area contributed by atoms with E-state index in [1.165, 1.54) is 0 Å². The number of nitrogens with one attached hydrogen (secondary N) is 1. The Hall–Kier alpha value is -3.64. The van der Waals surface area contributed by atoms with E-state index >= 15 is 0 Å². The lowest BCUT2D eigenvalue weighted by molar-refractivity contribution is -0.123. The second-order valence-corrected chi connectivity index (χ2v) is 8.79. The van der Waals surface area contributed by atoms with Gasteiger partial charge in [-0.15, -0.1) is 0 Å². The van der Waals surface area contributed by atoms with Crippen LogP contribution in [0.5, 0.6) is 5.75 Å². The van der Waals surface area contributed by atoms with Crippen LogP contribution in [0.25, 0.3) is 11.1 Å². The quantitative estimate of drug-likeness (QED) is 0.523. The minimum Gasteiger partial charge on any atom is -0.481 e. The van der Waals surface area contributed by atoms with E-state index in [9.17, 15) is 9.59 Å². The van der Waals surface area contributed by atoms with Crippen molar-refractivity contribution >= 4 is 17.5 Å². The highest BCUT2D eigenvalue weighted by Gasteiger charge is 2.23. The number of likely N-dealkylation sites (tertiary alicyclic amines) is 1. The third-order valence-electron chi connectivity index (χ3n) is 6.23. The summed E-state index contributed by atoms with van der Waals surface area (Å²) in [4.78, 5) is 26.4. The molecule has 1 saturated heterocycles. The molecule has 0 aliphatic carbocycles. The molecule has 2 amide bonds. The average Bonchev–Trinajstić information content (AvgIpc) is 2.85. The Labute approximate surface area is 200 Å². The monoisotopic (exact) mass is 457 g/mol. The van der Waals surface area contributed by atoms with Crippen LogP contribution in [0.1, 0.15) is 25.3 Å². The van der Waals surface area contributed by atoms with Crippen LogP contribution in [0, 0.1) is 5.92 Å². The molecule has 6 heteroatoms. The summed E-state index contributed by atoms with van der Waals surface area (Å²) in [5.41, 5.74) is 9.51. The molecular weight excluding hydrogens is 426 g/mol. The Bertz CT molecular complexity index is 1110. The standard InChI is InChI=1S/C28H31N3O3/c1-20(34-26-12-10-23(11-13-26)22-7-3-2-4-8-22)28(33)30-25-9-5-6-21(18-25)19-31-16-14-24(15-17-31)27(29)32/h2-13,18,20,24H,14-17,19H2,1H3,(H2,29,32)(H,30,33). The molecule has 3 aromatic rings. The van der Waals surface area contributed by atoms with Crippen LogP contribution in [0.15, 0.2) is 78.9 Å². The predicted octanol–water partition coefficient (Wildman–Crippen LogP) is 4.46. The van der Waals surface area contributed by atoms with Crippen LogP contribution < -0.4 is 15.8 Å². The van der Waals surface area contributed by atoms with E-state index in [1.807, 2.05) is 66.7 Å². The van der Waals surface area contributed by atoms with Crippen molar-refractivity contribution in [3.63, 3.8) is 0 Å². The van der Waals surface area contributed by atoms with Crippen molar-refractivity contribution < 1.29 is 14.3 Å². The Kier molecular flexibility index (Phi) is 7.60. The average molecular weight is 458 g/mol. The van der Waals surface area contributed by atoms with Gasteiger partial charge in [0.1, 0.15) is 5.75 Å². The fourth-order valence-corrected chi connectivity index (χ4v) is 4.24. The molecule has 176 valence electrons. The van der Waals surface area contributed by atoms with Crippen molar-refractivity contribution in [3.05, 3.63) is 84.4 Å². The van der Waals surface area contributed by atoms with Gasteiger partial charge < -0.3 is 15.8 Å². The Morgan fingerprint density at radius 2 is 1.65 bits per heavy atom. The molecule has 0 saturated carbocycles. The lowest BCUT2D eigenvalue weighted by Gasteiger charge is -2.30. The van der Waals surface area contributed by atoms with E-state index in [0.29, 0.717) is 5.75 Å². The van der Waals surface area contributed by atoms with Crippen molar-refractivity contribution in [1.29, 1.82) is 0 Å². The van der Waals surface area contributed by atoms with E-state index in [-0.39, 0.29) is 17.7 Å². The number of carbonyl (C=O) groups excluding carboxylic acids is 2. The predicted molar refractivity (Wildman–Crippen MR) is 134 cm³/mol. The van der Waals surface area contributed by atoms with Gasteiger partial charge in [0.25, 0.3) is 5.91 Å². The van der Waals surface area contributed by atoms with Gasteiger partial charge in [-0.3, -0.25) is 14.5 Å². The van der Waals surface area contributed by atoms with E-state index in [2.05, 4.69) is 22.3 Å². The summed E-state index contributed by atoms with van der Waals surface area (Å²) in [7, 11) is 0. The largest absolute Gasteiger partial charge is 0.481 e. The van der Waals surface area contributed by atoms with E-state index < -0.39 is 6.10 Å². The van der Waals surface area contributed by atoms with Crippen LogP contribution in [-0.4, -0.2) is 35.9 Å². The van der Waals surface area contributed by atoms with Crippen molar-refractivity contribution in [2.45, 2.75) is 32.4 Å². The molecule has 6 nitrogen and oxygen atoms in total. The molecule has 1 aliphatic heterocycles. The first kappa shape index (κ1) is 23.5. The second-order valence-electron chi connectivity index (χ2n) is 8.79. The first-order chi connectivity index (χ1) is 16.5. The van der Waals surface area contributed by atoms with Crippen LogP contribution >= 0.6 is 0 Å². The van der Waals surface area contributed by atoms with Gasteiger partial charge in [0, 0.05) is 18.2 Å². The molecule has 0 spiro atoms. The zero-order valence-electron chi connectivity index (χ0n) is 19.4. The molecule has 0 radical (unpaired) electrons. The molecular formula is C28H31N3O3. The SMILES string of the molecule is CC(Oc1ccc(-c2ccccc2)cc1)C(=O)Nc1cccc(CN2CCC(C(N)=O)CC2)c1. The molecule has 1 aliphatic rings. The summed E-state index contributed by atoms with van der Waals surface area (Å²) in [5.74, 6) is 0.229. The number of anilines is 1. The van der Waals surface area contributed by atoms with Gasteiger partial charge >= 0.3 is 0 Å². The maximum absolute atomic E-state index is 12.7. The molecule has 0 aromatic heterocycles. The highest BCUT2D eigenvalue weighted by molar-refractivity contribution is 5.94.